The molecule has 2 fully saturated rings. The first kappa shape index (κ1) is 11.5. The van der Waals surface area contributed by atoms with E-state index in [1.165, 1.54) is 25.7 Å². The summed E-state index contributed by atoms with van der Waals surface area (Å²) in [5.74, 6) is 6.80. The molecule has 1 aromatic carbocycles. The minimum atomic E-state index is 0.0439. The van der Waals surface area contributed by atoms with Crippen LogP contribution in [0, 0.1) is 11.8 Å². The van der Waals surface area contributed by atoms with Gasteiger partial charge >= 0.3 is 0 Å². The number of nitrogens with one attached hydrogen (secondary N) is 2. The average Bonchev–Trinajstić information content (AvgIpc) is 3.29. The maximum atomic E-state index is 12.2. The number of anilines is 1. The largest absolute Gasteiger partial charge is 0.349 e. The molecule has 4 heteroatoms. The molecule has 2 saturated carbocycles. The molecule has 1 amide bonds. The molecule has 0 spiro atoms. The van der Waals surface area contributed by atoms with E-state index in [-0.39, 0.29) is 5.91 Å². The second kappa shape index (κ2) is 4.61. The number of amides is 1. The highest BCUT2D eigenvalue weighted by molar-refractivity contribution is 5.94. The van der Waals surface area contributed by atoms with Crippen LogP contribution in [0.25, 0.3) is 0 Å². The van der Waals surface area contributed by atoms with Crippen LogP contribution in [-0.4, -0.2) is 11.9 Å². The molecule has 96 valence electrons. The molecule has 18 heavy (non-hydrogen) atoms. The van der Waals surface area contributed by atoms with Crippen LogP contribution in [0.1, 0.15) is 36.0 Å². The minimum absolute atomic E-state index is 0.0439. The molecule has 2 aliphatic rings. The summed E-state index contributed by atoms with van der Waals surface area (Å²) in [4.78, 5) is 12.2. The van der Waals surface area contributed by atoms with Crippen molar-refractivity contribution in [2.75, 3.05) is 5.43 Å². The number of hydrogen-bond donors (Lipinski definition) is 3. The van der Waals surface area contributed by atoms with Crippen molar-refractivity contribution in [3.05, 3.63) is 29.8 Å². The summed E-state index contributed by atoms with van der Waals surface area (Å²) in [5.41, 5.74) is 4.08. The summed E-state index contributed by atoms with van der Waals surface area (Å²) in [6.45, 7) is 0. The number of hydrogen-bond acceptors (Lipinski definition) is 3. The molecular formula is C14H19N3O. The van der Waals surface area contributed by atoms with Gasteiger partial charge in [0.1, 0.15) is 0 Å². The van der Waals surface area contributed by atoms with Crippen molar-refractivity contribution in [3.63, 3.8) is 0 Å². The lowest BCUT2D eigenvalue weighted by atomic mass is 10.1. The first-order chi connectivity index (χ1) is 8.78. The Balaban J connectivity index is 1.65. The summed E-state index contributed by atoms with van der Waals surface area (Å²) >= 11 is 0. The second-order valence-corrected chi connectivity index (χ2v) is 5.40. The summed E-state index contributed by atoms with van der Waals surface area (Å²) in [6.07, 6.45) is 5.10. The van der Waals surface area contributed by atoms with E-state index >= 15 is 0 Å². The van der Waals surface area contributed by atoms with Gasteiger partial charge in [-0.15, -0.1) is 0 Å². The molecule has 0 unspecified atom stereocenters. The van der Waals surface area contributed by atoms with Gasteiger partial charge in [0.15, 0.2) is 0 Å². The molecule has 0 bridgehead atoms. The van der Waals surface area contributed by atoms with Gasteiger partial charge in [-0.2, -0.15) is 0 Å². The maximum Gasteiger partial charge on any atom is 0.251 e. The van der Waals surface area contributed by atoms with E-state index in [1.807, 2.05) is 12.1 Å². The number of carbonyl (C=O) groups is 1. The topological polar surface area (TPSA) is 67.1 Å². The second-order valence-electron chi connectivity index (χ2n) is 5.40. The van der Waals surface area contributed by atoms with Crippen molar-refractivity contribution in [1.82, 2.24) is 5.32 Å². The standard InChI is InChI=1S/C14H19N3O/c15-17-12-7-5-11(6-8-12)14(18)16-13(9-1-2-9)10-3-4-10/h5-10,13,17H,1-4,15H2,(H,16,18). The molecule has 0 aliphatic heterocycles. The lowest BCUT2D eigenvalue weighted by molar-refractivity contribution is 0.0926. The fraction of sp³-hybridized carbons (Fsp3) is 0.500. The number of hydrazine groups is 1. The Labute approximate surface area is 107 Å². The number of benzene rings is 1. The van der Waals surface area contributed by atoms with Crippen LogP contribution in [0.2, 0.25) is 0 Å². The number of nitrogens with two attached hydrogens (primary N) is 1. The normalized spacial score (nSPS) is 18.8. The number of rotatable bonds is 5. The molecule has 4 N–H and O–H groups in total. The van der Waals surface area contributed by atoms with Gasteiger partial charge in [-0.1, -0.05) is 0 Å². The van der Waals surface area contributed by atoms with Gasteiger partial charge in [0.25, 0.3) is 5.91 Å². The minimum Gasteiger partial charge on any atom is -0.349 e. The van der Waals surface area contributed by atoms with Crippen molar-refractivity contribution < 1.29 is 4.79 Å². The van der Waals surface area contributed by atoms with E-state index in [2.05, 4.69) is 10.7 Å². The maximum absolute atomic E-state index is 12.2. The zero-order valence-corrected chi connectivity index (χ0v) is 10.4. The zero-order valence-electron chi connectivity index (χ0n) is 10.4. The van der Waals surface area contributed by atoms with Crippen LogP contribution in [0.4, 0.5) is 5.69 Å². The van der Waals surface area contributed by atoms with Crippen LogP contribution < -0.4 is 16.6 Å². The Morgan fingerprint density at radius 2 is 1.67 bits per heavy atom. The molecule has 2 aliphatic carbocycles. The number of carbonyl (C=O) groups excluding carboxylic acids is 1. The third-order valence-electron chi connectivity index (χ3n) is 3.87. The molecule has 0 saturated heterocycles. The SMILES string of the molecule is NNc1ccc(C(=O)NC(C2CC2)C2CC2)cc1. The Morgan fingerprint density at radius 3 is 2.11 bits per heavy atom. The highest BCUT2D eigenvalue weighted by Crippen LogP contribution is 2.44. The molecule has 1 aromatic rings. The van der Waals surface area contributed by atoms with Gasteiger partial charge in [0.05, 0.1) is 0 Å². The van der Waals surface area contributed by atoms with E-state index < -0.39 is 0 Å². The molecule has 4 nitrogen and oxygen atoms in total. The highest BCUT2D eigenvalue weighted by Gasteiger charge is 2.42. The van der Waals surface area contributed by atoms with Crippen molar-refractivity contribution in [2.45, 2.75) is 31.7 Å². The van der Waals surface area contributed by atoms with Gasteiger partial charge in [-0.05, 0) is 61.8 Å². The third-order valence-corrected chi connectivity index (χ3v) is 3.87. The van der Waals surface area contributed by atoms with Crippen LogP contribution in [0.5, 0.6) is 0 Å². The smallest absolute Gasteiger partial charge is 0.251 e. The van der Waals surface area contributed by atoms with Crippen LogP contribution >= 0.6 is 0 Å². The fourth-order valence-electron chi connectivity index (χ4n) is 2.48. The fourth-order valence-corrected chi connectivity index (χ4v) is 2.48. The van der Waals surface area contributed by atoms with E-state index in [1.54, 1.807) is 12.1 Å². The Morgan fingerprint density at radius 1 is 1.11 bits per heavy atom. The van der Waals surface area contributed by atoms with E-state index in [0.29, 0.717) is 11.6 Å². The molecule has 3 rings (SSSR count). The van der Waals surface area contributed by atoms with Gasteiger partial charge < -0.3 is 10.7 Å². The Kier molecular flexibility index (Phi) is 2.96. The van der Waals surface area contributed by atoms with Crippen LogP contribution in [-0.2, 0) is 0 Å². The third kappa shape index (κ3) is 2.48. The lowest BCUT2D eigenvalue weighted by Crippen LogP contribution is -2.38. The first-order valence-electron chi connectivity index (χ1n) is 6.65. The van der Waals surface area contributed by atoms with Crippen molar-refractivity contribution in [3.8, 4) is 0 Å². The molecule has 0 radical (unpaired) electrons. The van der Waals surface area contributed by atoms with Gasteiger partial charge in [0.2, 0.25) is 0 Å². The molecular weight excluding hydrogens is 226 g/mol. The Bertz CT molecular complexity index is 423. The molecule has 0 atom stereocenters. The number of nitrogen functional groups attached to an aromatic ring is 1. The quantitative estimate of drug-likeness (QED) is 0.548. The van der Waals surface area contributed by atoms with Crippen molar-refractivity contribution >= 4 is 11.6 Å². The predicted molar refractivity (Wildman–Crippen MR) is 71.0 cm³/mol. The van der Waals surface area contributed by atoms with Gasteiger partial charge in [-0.3, -0.25) is 10.6 Å². The van der Waals surface area contributed by atoms with Gasteiger partial charge in [-0.25, -0.2) is 0 Å². The average molecular weight is 245 g/mol. The summed E-state index contributed by atoms with van der Waals surface area (Å²) < 4.78 is 0. The van der Waals surface area contributed by atoms with E-state index in [9.17, 15) is 4.79 Å². The van der Waals surface area contributed by atoms with Gasteiger partial charge in [0, 0.05) is 17.3 Å². The summed E-state index contributed by atoms with van der Waals surface area (Å²) in [5, 5.41) is 3.20. The summed E-state index contributed by atoms with van der Waals surface area (Å²) in [6, 6.07) is 7.66. The van der Waals surface area contributed by atoms with Crippen LogP contribution in [0.3, 0.4) is 0 Å². The van der Waals surface area contributed by atoms with E-state index in [4.69, 9.17) is 5.84 Å². The van der Waals surface area contributed by atoms with Crippen molar-refractivity contribution in [1.29, 1.82) is 0 Å². The highest BCUT2D eigenvalue weighted by atomic mass is 16.1. The summed E-state index contributed by atoms with van der Waals surface area (Å²) in [7, 11) is 0. The van der Waals surface area contributed by atoms with E-state index in [0.717, 1.165) is 17.5 Å². The zero-order chi connectivity index (χ0) is 12.5. The monoisotopic (exact) mass is 245 g/mol. The molecule has 0 heterocycles. The lowest BCUT2D eigenvalue weighted by Gasteiger charge is -2.17. The van der Waals surface area contributed by atoms with Crippen molar-refractivity contribution in [2.24, 2.45) is 17.7 Å². The predicted octanol–water partition coefficient (Wildman–Crippen LogP) is 1.89. The Hall–Kier alpha value is -1.55. The first-order valence-corrected chi connectivity index (χ1v) is 6.65. The molecule has 0 aromatic heterocycles. The van der Waals surface area contributed by atoms with Crippen LogP contribution in [0.15, 0.2) is 24.3 Å².